The number of carbonyl (C=O) groups excluding carboxylic acids is 4. The molecule has 0 amide bonds. The zero-order valence-corrected chi connectivity index (χ0v) is 19.7. The Bertz CT molecular complexity index is 582. The van der Waals surface area contributed by atoms with Crippen LogP contribution in [0.25, 0.3) is 0 Å². The molecular weight excluding hydrogens is 464 g/mol. The van der Waals surface area contributed by atoms with Crippen LogP contribution in [-0.4, -0.2) is 94.5 Å². The van der Waals surface area contributed by atoms with Crippen LogP contribution in [0.1, 0.15) is 12.8 Å². The molecule has 0 aliphatic carbocycles. The van der Waals surface area contributed by atoms with E-state index in [2.05, 4.69) is 20.0 Å². The molecule has 0 aromatic rings. The van der Waals surface area contributed by atoms with Gasteiger partial charge in [-0.25, -0.2) is 39.1 Å². The molecule has 0 N–H and O–H groups in total. The Labute approximate surface area is 193 Å². The van der Waals surface area contributed by atoms with Crippen molar-refractivity contribution in [2.75, 3.05) is 49.2 Å². The third-order valence-corrected chi connectivity index (χ3v) is 9.90. The summed E-state index contributed by atoms with van der Waals surface area (Å²) >= 11 is 7.35. The maximum absolute atomic E-state index is 10.3. The lowest BCUT2D eigenvalue weighted by Gasteiger charge is -2.28. The molecule has 1 heterocycles. The molecule has 0 bridgehead atoms. The van der Waals surface area contributed by atoms with Crippen molar-refractivity contribution in [3.8, 4) is 0 Å². The van der Waals surface area contributed by atoms with E-state index in [-0.39, 0.29) is 10.5 Å². The highest BCUT2D eigenvalue weighted by molar-refractivity contribution is 8.07. The van der Waals surface area contributed by atoms with Crippen LogP contribution in [-0.2, 0) is 19.2 Å². The molecule has 1 aliphatic rings. The lowest BCUT2D eigenvalue weighted by molar-refractivity contribution is 0.560. The molecular formula is C18H24N4O4S4. The summed E-state index contributed by atoms with van der Waals surface area (Å²) in [4.78, 5) is 55.5. The van der Waals surface area contributed by atoms with Gasteiger partial charge in [-0.1, -0.05) is 0 Å². The van der Waals surface area contributed by atoms with Crippen LogP contribution in [0.2, 0.25) is 0 Å². The van der Waals surface area contributed by atoms with Crippen LogP contribution < -0.4 is 0 Å². The van der Waals surface area contributed by atoms with Gasteiger partial charge >= 0.3 is 0 Å². The number of aliphatic imine (C=N–C) groups is 4. The molecule has 0 spiro atoms. The van der Waals surface area contributed by atoms with Gasteiger partial charge in [-0.3, -0.25) is 0 Å². The van der Waals surface area contributed by atoms with E-state index < -0.39 is 0 Å². The lowest BCUT2D eigenvalue weighted by Crippen LogP contribution is -2.23. The molecule has 0 aromatic heterocycles. The highest BCUT2D eigenvalue weighted by Crippen LogP contribution is 2.35. The average Bonchev–Trinajstić information content (AvgIpc) is 2.77. The molecule has 1 rings (SSSR count). The Hall–Kier alpha value is -1.08. The van der Waals surface area contributed by atoms with Crippen molar-refractivity contribution in [2.24, 2.45) is 20.0 Å². The third-order valence-electron chi connectivity index (χ3n) is 4.06. The van der Waals surface area contributed by atoms with Crippen LogP contribution in [0.15, 0.2) is 20.0 Å². The summed E-state index contributed by atoms with van der Waals surface area (Å²) in [5.41, 5.74) is 0. The summed E-state index contributed by atoms with van der Waals surface area (Å²) in [7, 11) is 0. The predicted molar refractivity (Wildman–Crippen MR) is 126 cm³/mol. The number of rotatable bonds is 16. The van der Waals surface area contributed by atoms with E-state index >= 15 is 0 Å². The largest absolute Gasteiger partial charge is 0.234 e. The van der Waals surface area contributed by atoms with Crippen molar-refractivity contribution in [1.82, 2.24) is 0 Å². The van der Waals surface area contributed by atoms with Crippen LogP contribution in [0.4, 0.5) is 0 Å². The van der Waals surface area contributed by atoms with Crippen molar-refractivity contribution in [3.05, 3.63) is 0 Å². The predicted octanol–water partition coefficient (Wildman–Crippen LogP) is 2.53. The van der Waals surface area contributed by atoms with Gasteiger partial charge in [0.15, 0.2) is 0 Å². The Kier molecular flexibility index (Phi) is 16.8. The van der Waals surface area contributed by atoms with Gasteiger partial charge in [0.1, 0.15) is 0 Å². The maximum Gasteiger partial charge on any atom is 0.234 e. The van der Waals surface area contributed by atoms with Crippen molar-refractivity contribution < 1.29 is 19.2 Å². The third kappa shape index (κ3) is 13.3. The Morgan fingerprint density at radius 3 is 1.27 bits per heavy atom. The topological polar surface area (TPSA) is 118 Å². The molecule has 1 fully saturated rings. The summed E-state index contributed by atoms with van der Waals surface area (Å²) in [5.74, 6) is 4.06. The quantitative estimate of drug-likeness (QED) is 0.240. The number of hydrogen-bond acceptors (Lipinski definition) is 12. The number of hydrogen-bond donors (Lipinski definition) is 0. The minimum absolute atomic E-state index is 0.0129. The highest BCUT2D eigenvalue weighted by Gasteiger charge is 2.22. The lowest BCUT2D eigenvalue weighted by atomic mass is 10.3. The second kappa shape index (κ2) is 18.7. The van der Waals surface area contributed by atoms with E-state index in [9.17, 15) is 19.2 Å². The van der Waals surface area contributed by atoms with Crippen molar-refractivity contribution in [1.29, 1.82) is 0 Å². The van der Waals surface area contributed by atoms with Gasteiger partial charge < -0.3 is 0 Å². The first-order valence-corrected chi connectivity index (χ1v) is 13.5. The first-order valence-electron chi connectivity index (χ1n) is 9.34. The number of isocyanates is 4. The molecule has 30 heavy (non-hydrogen) atoms. The summed E-state index contributed by atoms with van der Waals surface area (Å²) in [6, 6.07) is 0. The van der Waals surface area contributed by atoms with Gasteiger partial charge in [0.25, 0.3) is 0 Å². The summed E-state index contributed by atoms with van der Waals surface area (Å²) in [6.07, 6.45) is 8.24. The van der Waals surface area contributed by atoms with Gasteiger partial charge in [-0.15, -0.1) is 0 Å². The van der Waals surface area contributed by atoms with Crippen LogP contribution in [0.3, 0.4) is 0 Å². The Balaban J connectivity index is 2.24. The van der Waals surface area contributed by atoms with Gasteiger partial charge in [-0.05, 0) is 24.3 Å². The smallest absolute Gasteiger partial charge is 0.211 e. The fourth-order valence-electron chi connectivity index (χ4n) is 2.53. The monoisotopic (exact) mass is 488 g/mol. The first-order chi connectivity index (χ1) is 14.7. The van der Waals surface area contributed by atoms with E-state index in [1.807, 2.05) is 23.5 Å². The fourth-order valence-corrected chi connectivity index (χ4v) is 8.17. The van der Waals surface area contributed by atoms with E-state index in [0.29, 0.717) is 36.7 Å². The average molecular weight is 489 g/mol. The van der Waals surface area contributed by atoms with E-state index in [1.165, 1.54) is 24.3 Å². The molecule has 164 valence electrons. The summed E-state index contributed by atoms with van der Waals surface area (Å²) in [6.45, 7) is 1.29. The molecule has 2 atom stereocenters. The number of nitrogens with zero attached hydrogens (tertiary/aromatic N) is 4. The molecule has 8 nitrogen and oxygen atoms in total. The molecule has 0 radical (unpaired) electrons. The minimum Gasteiger partial charge on any atom is -0.211 e. The molecule has 1 aliphatic heterocycles. The van der Waals surface area contributed by atoms with Crippen molar-refractivity contribution >= 4 is 71.4 Å². The molecule has 1 saturated heterocycles. The van der Waals surface area contributed by atoms with E-state index in [4.69, 9.17) is 0 Å². The van der Waals surface area contributed by atoms with Crippen molar-refractivity contribution in [3.63, 3.8) is 0 Å². The van der Waals surface area contributed by atoms with E-state index in [1.54, 1.807) is 23.5 Å². The van der Waals surface area contributed by atoms with Gasteiger partial charge in [0.2, 0.25) is 24.3 Å². The van der Waals surface area contributed by atoms with Crippen LogP contribution >= 0.6 is 47.0 Å². The molecule has 0 saturated carbocycles. The van der Waals surface area contributed by atoms with E-state index in [0.717, 1.165) is 35.9 Å². The first kappa shape index (κ1) is 27.0. The number of thioether (sulfide) groups is 4. The zero-order valence-electron chi connectivity index (χ0n) is 16.4. The Morgan fingerprint density at radius 2 is 1.00 bits per heavy atom. The zero-order chi connectivity index (χ0) is 21.9. The van der Waals surface area contributed by atoms with Crippen LogP contribution in [0.5, 0.6) is 0 Å². The summed E-state index contributed by atoms with van der Waals surface area (Å²) in [5, 5.41) is 1.21. The normalized spacial score (nSPS) is 19.9. The van der Waals surface area contributed by atoms with Gasteiger partial charge in [-0.2, -0.15) is 47.0 Å². The fraction of sp³-hybridized carbons (Fsp3) is 0.778. The molecule has 2 unspecified atom stereocenters. The molecule has 12 heteroatoms. The second-order valence-corrected chi connectivity index (χ2v) is 11.7. The highest BCUT2D eigenvalue weighted by atomic mass is 32.2. The van der Waals surface area contributed by atoms with Crippen molar-refractivity contribution in [2.45, 2.75) is 33.8 Å². The second-order valence-electron chi connectivity index (χ2n) is 6.20. The minimum atomic E-state index is 0.0129. The SMILES string of the molecule is O=C=NCC(CN=C=O)SCCC1CSC(CCSC(CN=C=O)CN=C=O)CS1. The van der Waals surface area contributed by atoms with Gasteiger partial charge in [0.05, 0.1) is 26.2 Å². The maximum atomic E-state index is 10.3. The van der Waals surface area contributed by atoms with Gasteiger partial charge in [0, 0.05) is 32.5 Å². The summed E-state index contributed by atoms with van der Waals surface area (Å²) < 4.78 is 0. The standard InChI is InChI=1S/C18H24N4O4S4/c23-11-19-5-17(6-20-12-24)27-3-1-15-9-30-16(10-29-15)2-4-28-18(7-21-13-25)8-22-14-26/h15-18H,1-10H2. The Morgan fingerprint density at radius 1 is 0.667 bits per heavy atom. The molecule has 0 aromatic carbocycles. The van der Waals surface area contributed by atoms with Crippen LogP contribution in [0, 0.1) is 0 Å².